The van der Waals surface area contributed by atoms with Gasteiger partial charge in [-0.2, -0.15) is 0 Å². The van der Waals surface area contributed by atoms with Crippen LogP contribution in [0.1, 0.15) is 42.0 Å². The van der Waals surface area contributed by atoms with Crippen LogP contribution in [0.5, 0.6) is 0 Å². The van der Waals surface area contributed by atoms with Crippen molar-refractivity contribution in [2.75, 3.05) is 19.0 Å². The maximum Gasteiger partial charge on any atom is 0.376 e. The van der Waals surface area contributed by atoms with Crippen LogP contribution < -0.4 is 5.32 Å². The molecular weight excluding hydrogens is 258 g/mol. The zero-order chi connectivity index (χ0) is 14.5. The molecule has 1 heterocycles. The van der Waals surface area contributed by atoms with E-state index in [-0.39, 0.29) is 17.8 Å². The van der Waals surface area contributed by atoms with Gasteiger partial charge in [-0.1, -0.05) is 12.8 Å². The van der Waals surface area contributed by atoms with E-state index in [1.165, 1.54) is 7.11 Å². The van der Waals surface area contributed by atoms with Crippen LogP contribution in [0.2, 0.25) is 0 Å². The molecule has 2 N–H and O–H groups in total. The molecule has 0 amide bonds. The zero-order valence-corrected chi connectivity index (χ0v) is 11.9. The number of anilines is 1. The number of nitrogens with zero attached hydrogens (tertiary/aromatic N) is 2. The van der Waals surface area contributed by atoms with E-state index < -0.39 is 5.97 Å². The molecule has 1 aromatic rings. The average Bonchev–Trinajstić information content (AvgIpc) is 2.45. The Balaban J connectivity index is 2.01. The van der Waals surface area contributed by atoms with Gasteiger partial charge in [-0.15, -0.1) is 0 Å². The first kappa shape index (κ1) is 14.7. The molecule has 1 aliphatic rings. The Morgan fingerprint density at radius 3 is 2.90 bits per heavy atom. The van der Waals surface area contributed by atoms with Crippen LogP contribution >= 0.6 is 0 Å². The number of esters is 1. The second-order valence-corrected chi connectivity index (χ2v) is 5.20. The third-order valence-corrected chi connectivity index (χ3v) is 3.64. The first-order valence-corrected chi connectivity index (χ1v) is 6.96. The third-order valence-electron chi connectivity index (χ3n) is 3.64. The molecule has 0 bridgehead atoms. The quantitative estimate of drug-likeness (QED) is 0.813. The van der Waals surface area contributed by atoms with E-state index in [1.54, 1.807) is 13.0 Å². The van der Waals surface area contributed by atoms with Crippen LogP contribution in [0, 0.1) is 12.8 Å². The summed E-state index contributed by atoms with van der Waals surface area (Å²) in [6.07, 6.45) is 3.88. The number of aryl methyl sites for hydroxylation is 1. The minimum Gasteiger partial charge on any atom is -0.463 e. The van der Waals surface area contributed by atoms with Crippen molar-refractivity contribution >= 4 is 11.8 Å². The first-order chi connectivity index (χ1) is 9.60. The number of carbonyl (C=O) groups excluding carboxylic acids is 1. The van der Waals surface area contributed by atoms with Crippen LogP contribution in [0.25, 0.3) is 0 Å². The number of aliphatic hydroxyl groups excluding tert-OH is 1. The molecule has 0 radical (unpaired) electrons. The summed E-state index contributed by atoms with van der Waals surface area (Å²) in [6, 6.07) is 1.78. The summed E-state index contributed by atoms with van der Waals surface area (Å²) in [7, 11) is 1.31. The molecule has 1 fully saturated rings. The number of ether oxygens (including phenoxy) is 1. The van der Waals surface area contributed by atoms with E-state index in [1.807, 2.05) is 0 Å². The molecule has 2 unspecified atom stereocenters. The molecule has 6 heteroatoms. The molecular formula is C14H21N3O3. The summed E-state index contributed by atoms with van der Waals surface area (Å²) in [4.78, 5) is 19.6. The first-order valence-electron chi connectivity index (χ1n) is 6.96. The number of carbonyl (C=O) groups is 1. The van der Waals surface area contributed by atoms with Gasteiger partial charge in [0.15, 0.2) is 0 Å². The Labute approximate surface area is 118 Å². The predicted octanol–water partition coefficient (Wildman–Crippen LogP) is 1.53. The van der Waals surface area contributed by atoms with Gasteiger partial charge in [0.1, 0.15) is 5.82 Å². The molecule has 110 valence electrons. The highest BCUT2D eigenvalue weighted by atomic mass is 16.5. The standard InChI is InChI=1S/C14H21N3O3/c1-9-7-12(17-13(16-9)14(19)20-2)15-8-10-5-3-4-6-11(10)18/h7,10-11,18H,3-6,8H2,1-2H3,(H,15,16,17). The van der Waals surface area contributed by atoms with Crippen molar-refractivity contribution in [1.82, 2.24) is 9.97 Å². The number of hydrogen-bond donors (Lipinski definition) is 2. The Bertz CT molecular complexity index is 479. The number of methoxy groups -OCH3 is 1. The van der Waals surface area contributed by atoms with Gasteiger partial charge >= 0.3 is 5.97 Å². The van der Waals surface area contributed by atoms with Crippen molar-refractivity contribution in [2.24, 2.45) is 5.92 Å². The molecule has 1 aromatic heterocycles. The van der Waals surface area contributed by atoms with Crippen molar-refractivity contribution in [2.45, 2.75) is 38.7 Å². The van der Waals surface area contributed by atoms with Crippen LogP contribution in [0.3, 0.4) is 0 Å². The van der Waals surface area contributed by atoms with Gasteiger partial charge in [0.25, 0.3) is 0 Å². The molecule has 2 atom stereocenters. The van der Waals surface area contributed by atoms with E-state index in [2.05, 4.69) is 20.0 Å². The number of aliphatic hydroxyl groups is 1. The maximum atomic E-state index is 11.5. The summed E-state index contributed by atoms with van der Waals surface area (Å²) in [6.45, 7) is 2.45. The normalized spacial score (nSPS) is 22.4. The largest absolute Gasteiger partial charge is 0.463 e. The van der Waals surface area contributed by atoms with Gasteiger partial charge in [-0.3, -0.25) is 0 Å². The van der Waals surface area contributed by atoms with Crippen LogP contribution in [0.15, 0.2) is 6.07 Å². The summed E-state index contributed by atoms with van der Waals surface area (Å²) >= 11 is 0. The Morgan fingerprint density at radius 1 is 1.45 bits per heavy atom. The van der Waals surface area contributed by atoms with Crippen molar-refractivity contribution < 1.29 is 14.6 Å². The molecule has 0 spiro atoms. The summed E-state index contributed by atoms with van der Waals surface area (Å²) in [5.74, 6) is 0.338. The van der Waals surface area contributed by atoms with Gasteiger partial charge in [-0.05, 0) is 19.8 Å². The lowest BCUT2D eigenvalue weighted by Gasteiger charge is -2.27. The van der Waals surface area contributed by atoms with Crippen LogP contribution in [0.4, 0.5) is 5.82 Å². The highest BCUT2D eigenvalue weighted by molar-refractivity contribution is 5.85. The van der Waals surface area contributed by atoms with Crippen molar-refractivity contribution in [3.63, 3.8) is 0 Å². The van der Waals surface area contributed by atoms with Gasteiger partial charge in [0.05, 0.1) is 13.2 Å². The summed E-state index contributed by atoms with van der Waals surface area (Å²) < 4.78 is 4.63. The molecule has 1 saturated carbocycles. The fraction of sp³-hybridized carbons (Fsp3) is 0.643. The van der Waals surface area contributed by atoms with E-state index in [4.69, 9.17) is 0 Å². The van der Waals surface area contributed by atoms with Gasteiger partial charge in [0.2, 0.25) is 5.82 Å². The van der Waals surface area contributed by atoms with Crippen molar-refractivity contribution in [3.8, 4) is 0 Å². The molecule has 20 heavy (non-hydrogen) atoms. The fourth-order valence-corrected chi connectivity index (χ4v) is 2.50. The molecule has 0 aromatic carbocycles. The Kier molecular flexibility index (Phi) is 4.89. The zero-order valence-electron chi connectivity index (χ0n) is 11.9. The minimum atomic E-state index is -0.547. The molecule has 1 aliphatic carbocycles. The van der Waals surface area contributed by atoms with Crippen LogP contribution in [-0.4, -0.2) is 40.8 Å². The van der Waals surface area contributed by atoms with E-state index in [0.717, 1.165) is 25.7 Å². The van der Waals surface area contributed by atoms with E-state index >= 15 is 0 Å². The van der Waals surface area contributed by atoms with Gasteiger partial charge < -0.3 is 15.2 Å². The Hall–Kier alpha value is -1.69. The molecule has 2 rings (SSSR count). The number of hydrogen-bond acceptors (Lipinski definition) is 6. The van der Waals surface area contributed by atoms with E-state index in [0.29, 0.717) is 18.1 Å². The van der Waals surface area contributed by atoms with Gasteiger partial charge in [0, 0.05) is 24.2 Å². The molecule has 0 saturated heterocycles. The van der Waals surface area contributed by atoms with Gasteiger partial charge in [-0.25, -0.2) is 14.8 Å². The summed E-state index contributed by atoms with van der Waals surface area (Å²) in [5.41, 5.74) is 0.701. The predicted molar refractivity (Wildman–Crippen MR) is 74.6 cm³/mol. The topological polar surface area (TPSA) is 84.3 Å². The minimum absolute atomic E-state index is 0.0548. The number of aromatic nitrogens is 2. The smallest absolute Gasteiger partial charge is 0.376 e. The second kappa shape index (κ2) is 6.65. The van der Waals surface area contributed by atoms with Crippen molar-refractivity contribution in [3.05, 3.63) is 17.6 Å². The highest BCUT2D eigenvalue weighted by Crippen LogP contribution is 2.24. The summed E-state index contributed by atoms with van der Waals surface area (Å²) in [5, 5.41) is 13.1. The fourth-order valence-electron chi connectivity index (χ4n) is 2.50. The lowest BCUT2D eigenvalue weighted by atomic mass is 9.86. The lowest BCUT2D eigenvalue weighted by molar-refractivity contribution is 0.0586. The molecule has 6 nitrogen and oxygen atoms in total. The maximum absolute atomic E-state index is 11.5. The third kappa shape index (κ3) is 3.66. The lowest BCUT2D eigenvalue weighted by Crippen LogP contribution is -2.30. The Morgan fingerprint density at radius 2 is 2.20 bits per heavy atom. The highest BCUT2D eigenvalue weighted by Gasteiger charge is 2.23. The number of nitrogens with one attached hydrogen (secondary N) is 1. The number of rotatable bonds is 4. The molecule has 0 aliphatic heterocycles. The SMILES string of the molecule is COC(=O)c1nc(C)cc(NCC2CCCCC2O)n1. The monoisotopic (exact) mass is 279 g/mol. The van der Waals surface area contributed by atoms with E-state index in [9.17, 15) is 9.90 Å². The average molecular weight is 279 g/mol. The van der Waals surface area contributed by atoms with Crippen LogP contribution in [-0.2, 0) is 4.74 Å². The second-order valence-electron chi connectivity index (χ2n) is 5.20. The van der Waals surface area contributed by atoms with Crippen molar-refractivity contribution in [1.29, 1.82) is 0 Å².